The minimum Gasteiger partial charge on any atom is -0.316 e. The van der Waals surface area contributed by atoms with Crippen molar-refractivity contribution in [3.8, 4) is 0 Å². The maximum atomic E-state index is 3.38. The van der Waals surface area contributed by atoms with E-state index >= 15 is 0 Å². The quantitative estimate of drug-likeness (QED) is 0.750. The van der Waals surface area contributed by atoms with E-state index in [1.807, 2.05) is 0 Å². The van der Waals surface area contributed by atoms with Gasteiger partial charge in [-0.1, -0.05) is 31.2 Å². The highest BCUT2D eigenvalue weighted by molar-refractivity contribution is 5.28. The number of fused-ring (bicyclic) bond motifs is 1. The van der Waals surface area contributed by atoms with Crippen LogP contribution in [-0.4, -0.2) is 31.1 Å². The fourth-order valence-corrected chi connectivity index (χ4v) is 2.16. The van der Waals surface area contributed by atoms with Gasteiger partial charge in [0.15, 0.2) is 0 Å². The number of rotatable bonds is 4. The van der Waals surface area contributed by atoms with Gasteiger partial charge in [0.1, 0.15) is 0 Å². The van der Waals surface area contributed by atoms with Crippen LogP contribution in [0.2, 0.25) is 0 Å². The van der Waals surface area contributed by atoms with Gasteiger partial charge in [-0.05, 0) is 24.1 Å². The lowest BCUT2D eigenvalue weighted by molar-refractivity contribution is 0.254. The van der Waals surface area contributed by atoms with Crippen molar-refractivity contribution >= 4 is 0 Å². The van der Waals surface area contributed by atoms with E-state index < -0.39 is 0 Å². The van der Waals surface area contributed by atoms with Crippen LogP contribution in [0, 0.1) is 0 Å². The van der Waals surface area contributed by atoms with Gasteiger partial charge >= 0.3 is 0 Å². The van der Waals surface area contributed by atoms with E-state index in [0.717, 1.165) is 19.6 Å². The smallest absolute Gasteiger partial charge is 0.0237 e. The maximum absolute atomic E-state index is 3.38. The number of hydrogen-bond acceptors (Lipinski definition) is 2. The third-order valence-electron chi connectivity index (χ3n) is 3.06. The number of hydrogen-bond donors (Lipinski definition) is 1. The molecule has 1 N–H and O–H groups in total. The zero-order valence-electron chi connectivity index (χ0n) is 9.50. The van der Waals surface area contributed by atoms with E-state index in [9.17, 15) is 0 Å². The summed E-state index contributed by atoms with van der Waals surface area (Å²) in [6.45, 7) is 7.85. The van der Waals surface area contributed by atoms with Gasteiger partial charge < -0.3 is 5.32 Å². The Balaban J connectivity index is 1.88. The largest absolute Gasteiger partial charge is 0.316 e. The molecule has 0 bridgehead atoms. The van der Waals surface area contributed by atoms with Crippen molar-refractivity contribution in [2.24, 2.45) is 0 Å². The number of benzene rings is 1. The molecule has 0 saturated heterocycles. The Labute approximate surface area is 92.3 Å². The molecule has 15 heavy (non-hydrogen) atoms. The van der Waals surface area contributed by atoms with E-state index in [1.165, 1.54) is 30.6 Å². The highest BCUT2D eigenvalue weighted by Gasteiger charge is 2.14. The molecule has 0 spiro atoms. The lowest BCUT2D eigenvalue weighted by Crippen LogP contribution is -2.36. The summed E-state index contributed by atoms with van der Waals surface area (Å²) in [5.41, 5.74) is 3.05. The molecule has 0 saturated carbocycles. The van der Waals surface area contributed by atoms with Crippen molar-refractivity contribution < 1.29 is 0 Å². The van der Waals surface area contributed by atoms with Crippen LogP contribution >= 0.6 is 0 Å². The highest BCUT2D eigenvalue weighted by atomic mass is 15.1. The van der Waals surface area contributed by atoms with Crippen LogP contribution in [0.5, 0.6) is 0 Å². The second-order valence-electron chi connectivity index (χ2n) is 4.15. The van der Waals surface area contributed by atoms with Gasteiger partial charge in [-0.25, -0.2) is 0 Å². The molecule has 1 aromatic rings. The third kappa shape index (κ3) is 2.80. The summed E-state index contributed by atoms with van der Waals surface area (Å²) >= 11 is 0. The Morgan fingerprint density at radius 2 is 2.07 bits per heavy atom. The molecule has 0 atom stereocenters. The van der Waals surface area contributed by atoms with Crippen molar-refractivity contribution in [1.29, 1.82) is 0 Å². The van der Waals surface area contributed by atoms with Gasteiger partial charge in [0, 0.05) is 26.2 Å². The predicted molar refractivity (Wildman–Crippen MR) is 64.0 cm³/mol. The van der Waals surface area contributed by atoms with Crippen LogP contribution in [0.3, 0.4) is 0 Å². The van der Waals surface area contributed by atoms with Crippen LogP contribution < -0.4 is 5.32 Å². The van der Waals surface area contributed by atoms with Gasteiger partial charge in [-0.15, -0.1) is 0 Å². The topological polar surface area (TPSA) is 15.3 Å². The summed E-state index contributed by atoms with van der Waals surface area (Å²) in [7, 11) is 0. The van der Waals surface area contributed by atoms with Crippen molar-refractivity contribution in [2.45, 2.75) is 19.9 Å². The second kappa shape index (κ2) is 5.29. The van der Waals surface area contributed by atoms with Gasteiger partial charge in [-0.3, -0.25) is 4.90 Å². The molecule has 0 amide bonds. The standard InChI is InChI=1S/C13H20N2/c1-2-14-8-10-15-9-7-12-5-3-4-6-13(12)11-15/h3-6,14H,2,7-11H2,1H3. The molecule has 0 aliphatic carbocycles. The van der Waals surface area contributed by atoms with Gasteiger partial charge in [0.05, 0.1) is 0 Å². The summed E-state index contributed by atoms with van der Waals surface area (Å²) in [4.78, 5) is 2.53. The summed E-state index contributed by atoms with van der Waals surface area (Å²) in [6, 6.07) is 8.81. The molecule has 0 radical (unpaired) electrons. The van der Waals surface area contributed by atoms with E-state index in [4.69, 9.17) is 0 Å². The maximum Gasteiger partial charge on any atom is 0.0237 e. The molecule has 0 unspecified atom stereocenters. The summed E-state index contributed by atoms with van der Waals surface area (Å²) in [5, 5.41) is 3.38. The molecule has 2 nitrogen and oxygen atoms in total. The first-order chi connectivity index (χ1) is 7.40. The van der Waals surface area contributed by atoms with E-state index in [1.54, 1.807) is 0 Å². The monoisotopic (exact) mass is 204 g/mol. The minimum atomic E-state index is 1.07. The summed E-state index contributed by atoms with van der Waals surface area (Å²) in [5.74, 6) is 0. The first-order valence-corrected chi connectivity index (χ1v) is 5.90. The SMILES string of the molecule is CCNCCN1CCc2ccccc2C1. The van der Waals surface area contributed by atoms with Crippen LogP contribution in [0.15, 0.2) is 24.3 Å². The first kappa shape index (κ1) is 10.7. The third-order valence-corrected chi connectivity index (χ3v) is 3.06. The first-order valence-electron chi connectivity index (χ1n) is 5.90. The Morgan fingerprint density at radius 3 is 2.87 bits per heavy atom. The fraction of sp³-hybridized carbons (Fsp3) is 0.538. The van der Waals surface area contributed by atoms with E-state index in [0.29, 0.717) is 0 Å². The van der Waals surface area contributed by atoms with Gasteiger partial charge in [0.25, 0.3) is 0 Å². The van der Waals surface area contributed by atoms with Gasteiger partial charge in [-0.2, -0.15) is 0 Å². The zero-order valence-corrected chi connectivity index (χ0v) is 9.50. The van der Waals surface area contributed by atoms with Crippen LogP contribution in [0.25, 0.3) is 0 Å². The summed E-state index contributed by atoms with van der Waals surface area (Å²) < 4.78 is 0. The summed E-state index contributed by atoms with van der Waals surface area (Å²) in [6.07, 6.45) is 1.21. The highest BCUT2D eigenvalue weighted by Crippen LogP contribution is 2.17. The molecule has 1 aliphatic rings. The van der Waals surface area contributed by atoms with Gasteiger partial charge in [0.2, 0.25) is 0 Å². The lowest BCUT2D eigenvalue weighted by atomic mass is 10.00. The fourth-order valence-electron chi connectivity index (χ4n) is 2.16. The Hall–Kier alpha value is -0.860. The molecule has 0 fully saturated rings. The molecule has 82 valence electrons. The molecule has 2 heteroatoms. The normalized spacial score (nSPS) is 16.3. The lowest BCUT2D eigenvalue weighted by Gasteiger charge is -2.28. The Bertz CT molecular complexity index is 309. The average molecular weight is 204 g/mol. The number of nitrogens with one attached hydrogen (secondary N) is 1. The molecule has 0 aromatic heterocycles. The average Bonchev–Trinajstić information content (AvgIpc) is 2.29. The van der Waals surface area contributed by atoms with Crippen molar-refractivity contribution in [3.05, 3.63) is 35.4 Å². The van der Waals surface area contributed by atoms with Crippen molar-refractivity contribution in [2.75, 3.05) is 26.2 Å². The molecule has 1 aliphatic heterocycles. The number of nitrogens with zero attached hydrogens (tertiary/aromatic N) is 1. The molecule has 1 aromatic carbocycles. The van der Waals surface area contributed by atoms with Crippen molar-refractivity contribution in [3.63, 3.8) is 0 Å². The van der Waals surface area contributed by atoms with Crippen LogP contribution in [0.1, 0.15) is 18.1 Å². The molecular formula is C13H20N2. The van der Waals surface area contributed by atoms with E-state index in [2.05, 4.69) is 41.4 Å². The minimum absolute atomic E-state index is 1.07. The van der Waals surface area contributed by atoms with E-state index in [-0.39, 0.29) is 0 Å². The Morgan fingerprint density at radius 1 is 1.27 bits per heavy atom. The van der Waals surface area contributed by atoms with Crippen LogP contribution in [0.4, 0.5) is 0 Å². The zero-order chi connectivity index (χ0) is 10.5. The Kier molecular flexibility index (Phi) is 3.75. The predicted octanol–water partition coefficient (Wildman–Crippen LogP) is 1.65. The van der Waals surface area contributed by atoms with Crippen LogP contribution in [-0.2, 0) is 13.0 Å². The molecular weight excluding hydrogens is 184 g/mol. The second-order valence-corrected chi connectivity index (χ2v) is 4.15. The van der Waals surface area contributed by atoms with Crippen molar-refractivity contribution in [1.82, 2.24) is 10.2 Å². The number of likely N-dealkylation sites (N-methyl/N-ethyl adjacent to an activating group) is 1. The molecule has 1 heterocycles. The molecule has 2 rings (SSSR count).